The number of methoxy groups -OCH3 is 1. The van der Waals surface area contributed by atoms with Gasteiger partial charge in [-0.3, -0.25) is 0 Å². The third-order valence-corrected chi connectivity index (χ3v) is 4.91. The molecule has 1 aliphatic rings. The number of hydrogen-bond donors (Lipinski definition) is 0. The number of fused-ring (bicyclic) bond motifs is 1. The molecule has 0 heterocycles. The lowest BCUT2D eigenvalue weighted by molar-refractivity contribution is 0.0913. The second kappa shape index (κ2) is 4.35. The highest BCUT2D eigenvalue weighted by Gasteiger charge is 2.37. The Kier molecular flexibility index (Phi) is 3.24. The predicted octanol–water partition coefficient (Wildman–Crippen LogP) is 2.26. The van der Waals surface area contributed by atoms with Gasteiger partial charge < -0.3 is 4.74 Å². The van der Waals surface area contributed by atoms with E-state index in [9.17, 15) is 8.42 Å². The highest BCUT2D eigenvalue weighted by atomic mass is 35.7. The quantitative estimate of drug-likeness (QED) is 0.766. The minimum Gasteiger partial charge on any atom is -0.375 e. The highest BCUT2D eigenvalue weighted by Crippen LogP contribution is 2.37. The number of aryl methyl sites for hydroxylation is 1. The zero-order valence-corrected chi connectivity index (χ0v) is 10.5. The van der Waals surface area contributed by atoms with Gasteiger partial charge in [-0.2, -0.15) is 0 Å². The van der Waals surface area contributed by atoms with Gasteiger partial charge in [0.05, 0.1) is 0 Å². The molecule has 1 aromatic carbocycles. The van der Waals surface area contributed by atoms with E-state index in [1.807, 2.05) is 24.3 Å². The van der Waals surface area contributed by atoms with Crippen LogP contribution in [-0.2, 0) is 20.2 Å². The second-order valence-electron chi connectivity index (χ2n) is 3.91. The lowest BCUT2D eigenvalue weighted by Gasteiger charge is -2.30. The van der Waals surface area contributed by atoms with Gasteiger partial charge in [-0.05, 0) is 24.0 Å². The van der Waals surface area contributed by atoms with Crippen LogP contribution in [-0.4, -0.2) is 20.8 Å². The van der Waals surface area contributed by atoms with E-state index in [0.717, 1.165) is 17.5 Å². The smallest absolute Gasteiger partial charge is 0.238 e. The van der Waals surface area contributed by atoms with Gasteiger partial charge >= 0.3 is 0 Å². The first-order chi connectivity index (χ1) is 7.54. The molecule has 1 aromatic rings. The monoisotopic (exact) mass is 260 g/mol. The van der Waals surface area contributed by atoms with Crippen LogP contribution < -0.4 is 0 Å². The van der Waals surface area contributed by atoms with Crippen LogP contribution in [0.25, 0.3) is 0 Å². The minimum atomic E-state index is -3.58. The normalized spacial score (nSPS) is 25.1. The molecule has 0 amide bonds. The largest absolute Gasteiger partial charge is 0.375 e. The van der Waals surface area contributed by atoms with E-state index in [2.05, 4.69) is 0 Å². The zero-order valence-electron chi connectivity index (χ0n) is 8.89. The van der Waals surface area contributed by atoms with Gasteiger partial charge in [0.2, 0.25) is 9.05 Å². The summed E-state index contributed by atoms with van der Waals surface area (Å²) < 4.78 is 28.2. The molecule has 2 atom stereocenters. The van der Waals surface area contributed by atoms with Gasteiger partial charge in [0, 0.05) is 17.8 Å². The van der Waals surface area contributed by atoms with Crippen LogP contribution in [0.2, 0.25) is 0 Å². The van der Waals surface area contributed by atoms with Gasteiger partial charge in [0.1, 0.15) is 11.4 Å². The first-order valence-electron chi connectivity index (χ1n) is 5.08. The van der Waals surface area contributed by atoms with E-state index in [1.54, 1.807) is 0 Å². The molecule has 2 rings (SSSR count). The van der Waals surface area contributed by atoms with Crippen LogP contribution in [0.15, 0.2) is 24.3 Å². The minimum absolute atomic E-state index is 0.451. The van der Waals surface area contributed by atoms with Crippen molar-refractivity contribution in [1.82, 2.24) is 0 Å². The number of rotatable bonds is 2. The maximum atomic E-state index is 11.5. The second-order valence-corrected chi connectivity index (χ2v) is 6.75. The summed E-state index contributed by atoms with van der Waals surface area (Å²) in [7, 11) is 3.38. The zero-order chi connectivity index (χ0) is 11.8. The van der Waals surface area contributed by atoms with Crippen molar-refractivity contribution in [3.05, 3.63) is 35.4 Å². The molecular weight excluding hydrogens is 248 g/mol. The van der Waals surface area contributed by atoms with Crippen LogP contribution in [0, 0.1) is 0 Å². The summed E-state index contributed by atoms with van der Waals surface area (Å²) in [6.45, 7) is 0. The summed E-state index contributed by atoms with van der Waals surface area (Å²) in [5.74, 6) is 0. The Morgan fingerprint density at radius 3 is 2.69 bits per heavy atom. The Morgan fingerprint density at radius 2 is 2.06 bits per heavy atom. The van der Waals surface area contributed by atoms with Gasteiger partial charge in [-0.15, -0.1) is 0 Å². The van der Waals surface area contributed by atoms with Crippen molar-refractivity contribution < 1.29 is 13.2 Å². The van der Waals surface area contributed by atoms with Gasteiger partial charge in [-0.1, -0.05) is 24.3 Å². The Bertz CT molecular complexity index is 484. The van der Waals surface area contributed by atoms with Crippen molar-refractivity contribution in [3.63, 3.8) is 0 Å². The average molecular weight is 261 g/mol. The van der Waals surface area contributed by atoms with Crippen LogP contribution >= 0.6 is 10.7 Å². The third kappa shape index (κ3) is 2.10. The SMILES string of the molecule is CO[C@H]1c2ccccc2CC[C@@H]1S(=O)(=O)Cl. The van der Waals surface area contributed by atoms with E-state index in [4.69, 9.17) is 15.4 Å². The van der Waals surface area contributed by atoms with Gasteiger partial charge in [0.25, 0.3) is 0 Å². The van der Waals surface area contributed by atoms with Crippen LogP contribution in [0.1, 0.15) is 23.7 Å². The molecule has 88 valence electrons. The molecule has 0 fully saturated rings. The van der Waals surface area contributed by atoms with Crippen LogP contribution in [0.5, 0.6) is 0 Å². The van der Waals surface area contributed by atoms with Crippen molar-refractivity contribution in [2.45, 2.75) is 24.2 Å². The summed E-state index contributed by atoms with van der Waals surface area (Å²) >= 11 is 0. The summed E-state index contributed by atoms with van der Waals surface area (Å²) in [6.07, 6.45) is 0.793. The van der Waals surface area contributed by atoms with E-state index >= 15 is 0 Å². The molecule has 0 saturated heterocycles. The van der Waals surface area contributed by atoms with Gasteiger partial charge in [0.15, 0.2) is 0 Å². The molecule has 3 nitrogen and oxygen atoms in total. The van der Waals surface area contributed by atoms with Crippen molar-refractivity contribution in [2.24, 2.45) is 0 Å². The lowest BCUT2D eigenvalue weighted by Crippen LogP contribution is -2.31. The number of hydrogen-bond acceptors (Lipinski definition) is 3. The standard InChI is InChI=1S/C11H13ClO3S/c1-15-11-9-5-3-2-4-8(9)6-7-10(11)16(12,13)14/h2-5,10-11H,6-7H2,1H3/t10-,11-/m0/s1. The molecule has 0 N–H and O–H groups in total. The molecule has 5 heteroatoms. The molecule has 0 radical (unpaired) electrons. The van der Waals surface area contributed by atoms with Crippen molar-refractivity contribution in [3.8, 4) is 0 Å². The van der Waals surface area contributed by atoms with E-state index in [0.29, 0.717) is 6.42 Å². The number of benzene rings is 1. The average Bonchev–Trinajstić information content (AvgIpc) is 2.26. The maximum absolute atomic E-state index is 11.5. The molecule has 1 aliphatic carbocycles. The molecule has 16 heavy (non-hydrogen) atoms. The first kappa shape index (κ1) is 11.9. The molecule has 0 aliphatic heterocycles. The molecule has 0 bridgehead atoms. The molecule has 0 spiro atoms. The fourth-order valence-electron chi connectivity index (χ4n) is 2.26. The fraction of sp³-hybridized carbons (Fsp3) is 0.455. The lowest BCUT2D eigenvalue weighted by atomic mass is 9.89. The Labute approximate surface area is 99.8 Å². The molecule has 0 unspecified atom stereocenters. The van der Waals surface area contributed by atoms with Crippen molar-refractivity contribution in [1.29, 1.82) is 0 Å². The van der Waals surface area contributed by atoms with Gasteiger partial charge in [-0.25, -0.2) is 8.42 Å². The Morgan fingerprint density at radius 1 is 1.38 bits per heavy atom. The predicted molar refractivity (Wildman–Crippen MR) is 63.1 cm³/mol. The first-order valence-corrected chi connectivity index (χ1v) is 7.45. The topological polar surface area (TPSA) is 43.4 Å². The number of ether oxygens (including phenoxy) is 1. The molecule has 0 aromatic heterocycles. The molecular formula is C11H13ClO3S. The van der Waals surface area contributed by atoms with E-state index in [-0.39, 0.29) is 0 Å². The van der Waals surface area contributed by atoms with E-state index in [1.165, 1.54) is 7.11 Å². The summed E-state index contributed by atoms with van der Waals surface area (Å²) in [4.78, 5) is 0. The summed E-state index contributed by atoms with van der Waals surface area (Å²) in [5, 5.41) is -0.644. The number of halogens is 1. The van der Waals surface area contributed by atoms with E-state index < -0.39 is 20.4 Å². The maximum Gasteiger partial charge on any atom is 0.238 e. The summed E-state index contributed by atoms with van der Waals surface area (Å²) in [5.41, 5.74) is 2.08. The summed E-state index contributed by atoms with van der Waals surface area (Å²) in [6, 6.07) is 7.73. The third-order valence-electron chi connectivity index (χ3n) is 3.01. The van der Waals surface area contributed by atoms with Crippen molar-refractivity contribution in [2.75, 3.05) is 7.11 Å². The van der Waals surface area contributed by atoms with Crippen molar-refractivity contribution >= 4 is 19.7 Å². The Balaban J connectivity index is 2.45. The fourth-order valence-corrected chi connectivity index (χ4v) is 3.76. The highest BCUT2D eigenvalue weighted by molar-refractivity contribution is 8.14. The van der Waals surface area contributed by atoms with Crippen LogP contribution in [0.4, 0.5) is 0 Å². The Hall–Kier alpha value is -0.580. The van der Waals surface area contributed by atoms with Crippen LogP contribution in [0.3, 0.4) is 0 Å². The molecule has 0 saturated carbocycles.